The van der Waals surface area contributed by atoms with E-state index in [4.69, 9.17) is 30.8 Å². The van der Waals surface area contributed by atoms with Gasteiger partial charge in [-0.3, -0.25) is 4.90 Å². The van der Waals surface area contributed by atoms with Crippen molar-refractivity contribution in [2.75, 3.05) is 46.5 Å². The van der Waals surface area contributed by atoms with Crippen LogP contribution in [0.2, 0.25) is 0 Å². The highest BCUT2D eigenvalue weighted by atomic mass is 16.5. The first kappa shape index (κ1) is 37.7. The third-order valence-electron chi connectivity index (χ3n) is 14.8. The molecule has 12 atom stereocenters. The Labute approximate surface area is 303 Å². The summed E-state index contributed by atoms with van der Waals surface area (Å²) in [6.07, 6.45) is 10.0. The zero-order valence-corrected chi connectivity index (χ0v) is 31.1. The van der Waals surface area contributed by atoms with Crippen LogP contribution in [0.3, 0.4) is 0 Å². The summed E-state index contributed by atoms with van der Waals surface area (Å²) in [5, 5.41) is 11.3. The van der Waals surface area contributed by atoms with Gasteiger partial charge in [-0.25, -0.2) is 0 Å². The fraction of sp³-hybridized carbons (Fsp3) is 0.842. The molecule has 13 heteroatoms. The van der Waals surface area contributed by atoms with Crippen molar-refractivity contribution in [3.8, 4) is 0 Å². The third kappa shape index (κ3) is 7.32. The SMILES string of the molecule is CN(Cc1ccccc1)C1CC[C@]1(C)[C@H]1CC[C@H]2[C@@H]3[C@H](OCCN=[N+]=[N-])C[C@@H]4CC(OCCN=[N+]=[N-])CC[C@]4(C)[C@H]3C[C@H](OCCN=[N+]=[N-])[C@@]21C. The van der Waals surface area contributed by atoms with Crippen LogP contribution in [0.4, 0.5) is 0 Å². The third-order valence-corrected chi connectivity index (χ3v) is 14.8. The van der Waals surface area contributed by atoms with Gasteiger partial charge in [0, 0.05) is 52.4 Å². The summed E-state index contributed by atoms with van der Waals surface area (Å²) in [7, 11) is 2.31. The second kappa shape index (κ2) is 16.3. The summed E-state index contributed by atoms with van der Waals surface area (Å²) in [6.45, 7) is 10.9. The monoisotopic (exact) mass is 702 g/mol. The van der Waals surface area contributed by atoms with E-state index in [1.807, 2.05) is 0 Å². The van der Waals surface area contributed by atoms with Crippen LogP contribution in [0, 0.1) is 45.8 Å². The molecule has 5 saturated carbocycles. The molecule has 6 rings (SSSR count). The Hall–Kier alpha value is -3.01. The molecule has 5 aliphatic carbocycles. The molecule has 1 aromatic carbocycles. The lowest BCUT2D eigenvalue weighted by atomic mass is 9.41. The van der Waals surface area contributed by atoms with E-state index in [-0.39, 0.29) is 34.6 Å². The van der Waals surface area contributed by atoms with Crippen molar-refractivity contribution in [1.82, 2.24) is 4.90 Å². The van der Waals surface area contributed by atoms with Gasteiger partial charge in [0.2, 0.25) is 0 Å². The van der Waals surface area contributed by atoms with Crippen LogP contribution < -0.4 is 0 Å². The quantitative estimate of drug-likeness (QED) is 0.0722. The van der Waals surface area contributed by atoms with Crippen LogP contribution >= 0.6 is 0 Å². The van der Waals surface area contributed by atoms with E-state index in [2.05, 4.69) is 93.1 Å². The standard InChI is InChI=1S/C38H58N10O3/c1-36-14-12-28(49-19-16-42-45-39)22-27(36)23-31(50-20-17-43-46-40)35-29-10-11-32(38(29,3)34(24-30(35)36)51-21-18-44-47-41)37(2)15-13-33(37)48(4)25-26-8-6-5-7-9-26/h5-9,27-35H,10-25H2,1-4H3/t27-,28?,29-,30-,31+,32+,33?,34-,35-,36-,37+,38-/m0/s1. The Morgan fingerprint density at radius 3 is 2.04 bits per heavy atom. The van der Waals surface area contributed by atoms with Crippen LogP contribution in [0.15, 0.2) is 45.7 Å². The van der Waals surface area contributed by atoms with Crippen molar-refractivity contribution >= 4 is 0 Å². The molecular weight excluding hydrogens is 644 g/mol. The molecule has 0 heterocycles. The lowest BCUT2D eigenvalue weighted by Crippen LogP contribution is -2.66. The van der Waals surface area contributed by atoms with Gasteiger partial charge >= 0.3 is 0 Å². The summed E-state index contributed by atoms with van der Waals surface area (Å²) in [5.74, 6) is 2.15. The average Bonchev–Trinajstić information content (AvgIpc) is 3.48. The largest absolute Gasteiger partial charge is 0.378 e. The number of rotatable bonds is 16. The Bertz CT molecular complexity index is 1480. The number of benzene rings is 1. The minimum Gasteiger partial charge on any atom is -0.378 e. The summed E-state index contributed by atoms with van der Waals surface area (Å²) in [4.78, 5) is 11.5. The molecule has 0 amide bonds. The van der Waals surface area contributed by atoms with E-state index >= 15 is 0 Å². The zero-order chi connectivity index (χ0) is 36.1. The lowest BCUT2D eigenvalue weighted by molar-refractivity contribution is -0.237. The van der Waals surface area contributed by atoms with Crippen LogP contribution in [0.5, 0.6) is 0 Å². The van der Waals surface area contributed by atoms with Gasteiger partial charge in [-0.1, -0.05) is 66.4 Å². The molecule has 0 spiro atoms. The van der Waals surface area contributed by atoms with Gasteiger partial charge < -0.3 is 14.2 Å². The second-order valence-corrected chi connectivity index (χ2v) is 16.8. The van der Waals surface area contributed by atoms with Crippen LogP contribution in [0.1, 0.15) is 84.1 Å². The Morgan fingerprint density at radius 2 is 1.39 bits per heavy atom. The molecule has 13 nitrogen and oxygen atoms in total. The van der Waals surface area contributed by atoms with Crippen molar-refractivity contribution in [3.63, 3.8) is 0 Å². The molecule has 5 fully saturated rings. The number of ether oxygens (including phenoxy) is 3. The highest BCUT2D eigenvalue weighted by Crippen LogP contribution is 2.72. The lowest BCUT2D eigenvalue weighted by Gasteiger charge is -2.66. The van der Waals surface area contributed by atoms with Gasteiger partial charge in [-0.2, -0.15) is 0 Å². The summed E-state index contributed by atoms with van der Waals surface area (Å²) in [5.41, 5.74) is 28.3. The fourth-order valence-corrected chi connectivity index (χ4v) is 12.5. The van der Waals surface area contributed by atoms with Crippen molar-refractivity contribution in [2.45, 2.75) is 109 Å². The predicted octanol–water partition coefficient (Wildman–Crippen LogP) is 9.25. The number of fused-ring (bicyclic) bond motifs is 5. The summed E-state index contributed by atoms with van der Waals surface area (Å²) in [6, 6.07) is 11.3. The molecule has 1 aromatic rings. The van der Waals surface area contributed by atoms with Crippen LogP contribution in [-0.2, 0) is 20.8 Å². The molecule has 0 aromatic heterocycles. The number of hydrogen-bond acceptors (Lipinski definition) is 7. The molecule has 0 N–H and O–H groups in total. The number of hydrogen-bond donors (Lipinski definition) is 0. The fourth-order valence-electron chi connectivity index (χ4n) is 12.5. The molecule has 0 saturated heterocycles. The Kier molecular flexibility index (Phi) is 12.1. The van der Waals surface area contributed by atoms with E-state index in [1.165, 1.54) is 24.8 Å². The molecule has 0 aliphatic heterocycles. The van der Waals surface area contributed by atoms with Gasteiger partial charge in [-0.15, -0.1) is 0 Å². The highest BCUT2D eigenvalue weighted by molar-refractivity contribution is 5.20. The van der Waals surface area contributed by atoms with Gasteiger partial charge in [0.15, 0.2) is 0 Å². The Morgan fingerprint density at radius 1 is 0.745 bits per heavy atom. The van der Waals surface area contributed by atoms with E-state index < -0.39 is 0 Å². The highest BCUT2D eigenvalue weighted by Gasteiger charge is 2.69. The van der Waals surface area contributed by atoms with Crippen LogP contribution in [0.25, 0.3) is 31.3 Å². The number of azide groups is 3. The molecule has 0 radical (unpaired) electrons. The molecular formula is C38H58N10O3. The smallest absolute Gasteiger partial charge is 0.0637 e. The van der Waals surface area contributed by atoms with Crippen LogP contribution in [-0.4, -0.2) is 75.8 Å². The van der Waals surface area contributed by atoms with Gasteiger partial charge in [0.1, 0.15) is 0 Å². The number of nitrogens with zero attached hydrogens (tertiary/aromatic N) is 10. The minimum absolute atomic E-state index is 0.0554. The van der Waals surface area contributed by atoms with Crippen molar-refractivity contribution in [2.24, 2.45) is 61.2 Å². The summed E-state index contributed by atoms with van der Waals surface area (Å²) < 4.78 is 20.0. The molecule has 278 valence electrons. The zero-order valence-electron chi connectivity index (χ0n) is 31.1. The van der Waals surface area contributed by atoms with Crippen molar-refractivity contribution in [3.05, 3.63) is 67.2 Å². The van der Waals surface area contributed by atoms with Gasteiger partial charge in [0.25, 0.3) is 0 Å². The first-order valence-corrected chi connectivity index (χ1v) is 19.3. The summed E-state index contributed by atoms with van der Waals surface area (Å²) >= 11 is 0. The first-order chi connectivity index (χ1) is 24.7. The first-order valence-electron chi connectivity index (χ1n) is 19.3. The van der Waals surface area contributed by atoms with Crippen molar-refractivity contribution < 1.29 is 14.2 Å². The topological polar surface area (TPSA) is 177 Å². The maximum absolute atomic E-state index is 9.06. The van der Waals surface area contributed by atoms with E-state index in [0.29, 0.717) is 75.1 Å². The second-order valence-electron chi connectivity index (χ2n) is 16.8. The molecule has 2 unspecified atom stereocenters. The molecule has 0 bridgehead atoms. The Balaban J connectivity index is 1.30. The van der Waals surface area contributed by atoms with Crippen molar-refractivity contribution in [1.29, 1.82) is 0 Å². The minimum atomic E-state index is -0.0598. The molecule has 51 heavy (non-hydrogen) atoms. The van der Waals surface area contributed by atoms with Gasteiger partial charge in [0.05, 0.1) is 38.1 Å². The van der Waals surface area contributed by atoms with Gasteiger partial charge in [-0.05, 0) is 127 Å². The normalized spacial score (nSPS) is 39.7. The average molecular weight is 703 g/mol. The van der Waals surface area contributed by atoms with E-state index in [0.717, 1.165) is 45.1 Å². The maximum atomic E-state index is 9.06. The van der Waals surface area contributed by atoms with E-state index in [9.17, 15) is 0 Å². The molecule has 5 aliphatic rings. The van der Waals surface area contributed by atoms with E-state index in [1.54, 1.807) is 0 Å². The predicted molar refractivity (Wildman–Crippen MR) is 196 cm³/mol. The maximum Gasteiger partial charge on any atom is 0.0637 e.